The van der Waals surface area contributed by atoms with Crippen molar-refractivity contribution in [3.05, 3.63) is 0 Å². The lowest BCUT2D eigenvalue weighted by atomic mass is 9.81. The summed E-state index contributed by atoms with van der Waals surface area (Å²) in [6.45, 7) is 0.787. The number of rotatable bonds is 7. The third kappa shape index (κ3) is 5.56. The van der Waals surface area contributed by atoms with Crippen LogP contribution in [0.25, 0.3) is 0 Å². The molecule has 7 nitrogen and oxygen atoms in total. The van der Waals surface area contributed by atoms with Gasteiger partial charge in [0.25, 0.3) is 0 Å². The molecule has 0 unspecified atom stereocenters. The van der Waals surface area contributed by atoms with Crippen LogP contribution in [0.15, 0.2) is 0 Å². The van der Waals surface area contributed by atoms with Crippen molar-refractivity contribution >= 4 is 17.8 Å². The summed E-state index contributed by atoms with van der Waals surface area (Å²) in [5.74, 6) is -1.74. The molecule has 0 saturated heterocycles. The molecule has 114 valence electrons. The second-order valence-electron chi connectivity index (χ2n) is 4.95. The number of carbonyl (C=O) groups excluding carboxylic acids is 2. The lowest BCUT2D eigenvalue weighted by Crippen LogP contribution is -2.41. The van der Waals surface area contributed by atoms with Crippen LogP contribution in [0.5, 0.6) is 0 Å². The average Bonchev–Trinajstić information content (AvgIpc) is 2.45. The Hall–Kier alpha value is -1.63. The van der Waals surface area contributed by atoms with E-state index in [2.05, 4.69) is 10.6 Å². The topological polar surface area (TPSA) is 105 Å². The maximum atomic E-state index is 11.8. The van der Waals surface area contributed by atoms with E-state index in [-0.39, 0.29) is 30.2 Å². The highest BCUT2D eigenvalue weighted by Gasteiger charge is 2.29. The molecule has 3 N–H and O–H groups in total. The average molecular weight is 286 g/mol. The van der Waals surface area contributed by atoms with Gasteiger partial charge < -0.3 is 20.5 Å². The second kappa shape index (κ2) is 8.52. The summed E-state index contributed by atoms with van der Waals surface area (Å²) < 4.78 is 4.79. The number of hydrogen-bond acceptors (Lipinski definition) is 4. The number of nitrogens with one attached hydrogen (secondary N) is 2. The Morgan fingerprint density at radius 3 is 2.25 bits per heavy atom. The van der Waals surface area contributed by atoms with Crippen LogP contribution in [0.3, 0.4) is 0 Å². The molecule has 0 aromatic carbocycles. The molecule has 1 saturated carbocycles. The van der Waals surface area contributed by atoms with Gasteiger partial charge in [-0.25, -0.2) is 0 Å². The minimum atomic E-state index is -0.790. The van der Waals surface area contributed by atoms with Crippen molar-refractivity contribution in [2.24, 2.45) is 11.8 Å². The molecule has 20 heavy (non-hydrogen) atoms. The standard InChI is InChI=1S/C13H22N2O5/c1-20-7-6-14-11(16)8-15-12(17)9-2-4-10(5-3-9)13(18)19/h9-10H,2-8H2,1H3,(H,14,16)(H,15,17)(H,18,19). The molecule has 0 radical (unpaired) electrons. The summed E-state index contributed by atoms with van der Waals surface area (Å²) in [5.41, 5.74) is 0. The van der Waals surface area contributed by atoms with Crippen LogP contribution in [-0.2, 0) is 19.1 Å². The minimum absolute atomic E-state index is 0.0542. The van der Waals surface area contributed by atoms with Crippen LogP contribution >= 0.6 is 0 Å². The van der Waals surface area contributed by atoms with E-state index < -0.39 is 5.97 Å². The van der Waals surface area contributed by atoms with E-state index in [1.807, 2.05) is 0 Å². The Bertz CT molecular complexity index is 351. The largest absolute Gasteiger partial charge is 0.481 e. The van der Waals surface area contributed by atoms with Crippen LogP contribution in [-0.4, -0.2) is 49.7 Å². The Morgan fingerprint density at radius 1 is 1.10 bits per heavy atom. The van der Waals surface area contributed by atoms with Crippen LogP contribution < -0.4 is 10.6 Å². The summed E-state index contributed by atoms with van der Waals surface area (Å²) in [7, 11) is 1.54. The van der Waals surface area contributed by atoms with Gasteiger partial charge in [-0.15, -0.1) is 0 Å². The molecule has 7 heteroatoms. The first-order valence-corrected chi connectivity index (χ1v) is 6.80. The van der Waals surface area contributed by atoms with Crippen molar-refractivity contribution in [1.29, 1.82) is 0 Å². The monoisotopic (exact) mass is 286 g/mol. The summed E-state index contributed by atoms with van der Waals surface area (Å²) in [6, 6.07) is 0. The second-order valence-corrected chi connectivity index (χ2v) is 4.95. The first-order chi connectivity index (χ1) is 9.54. The van der Waals surface area contributed by atoms with Gasteiger partial charge in [0.2, 0.25) is 11.8 Å². The lowest BCUT2D eigenvalue weighted by Gasteiger charge is -2.25. The van der Waals surface area contributed by atoms with Crippen LogP contribution in [0.2, 0.25) is 0 Å². The fourth-order valence-electron chi connectivity index (χ4n) is 2.27. The van der Waals surface area contributed by atoms with Gasteiger partial charge in [-0.3, -0.25) is 14.4 Å². The van der Waals surface area contributed by atoms with Crippen molar-refractivity contribution in [2.75, 3.05) is 26.8 Å². The van der Waals surface area contributed by atoms with Gasteiger partial charge in [-0.2, -0.15) is 0 Å². The predicted octanol–water partition coefficient (Wildman–Crippen LogP) is -0.244. The van der Waals surface area contributed by atoms with Gasteiger partial charge in [0.05, 0.1) is 19.1 Å². The third-order valence-electron chi connectivity index (χ3n) is 3.50. The van der Waals surface area contributed by atoms with Gasteiger partial charge in [0, 0.05) is 19.6 Å². The molecule has 0 heterocycles. The number of aliphatic carboxylic acids is 1. The number of carboxylic acids is 1. The van der Waals surface area contributed by atoms with Gasteiger partial charge >= 0.3 is 5.97 Å². The molecule has 0 spiro atoms. The van der Waals surface area contributed by atoms with Gasteiger partial charge in [-0.05, 0) is 25.7 Å². The number of carbonyl (C=O) groups is 3. The Morgan fingerprint density at radius 2 is 1.70 bits per heavy atom. The molecule has 0 aromatic heterocycles. The van der Waals surface area contributed by atoms with Crippen molar-refractivity contribution in [3.8, 4) is 0 Å². The molecule has 0 aliphatic heterocycles. The fourth-order valence-corrected chi connectivity index (χ4v) is 2.27. The summed E-state index contributed by atoms with van der Waals surface area (Å²) in [4.78, 5) is 34.0. The Kier molecular flexibility index (Phi) is 7.00. The van der Waals surface area contributed by atoms with E-state index in [4.69, 9.17) is 9.84 Å². The van der Waals surface area contributed by atoms with Crippen molar-refractivity contribution in [3.63, 3.8) is 0 Å². The van der Waals surface area contributed by atoms with E-state index >= 15 is 0 Å². The molecular formula is C13H22N2O5. The molecule has 2 amide bonds. The molecule has 0 aromatic rings. The van der Waals surface area contributed by atoms with Crippen molar-refractivity contribution < 1.29 is 24.2 Å². The predicted molar refractivity (Wildman–Crippen MR) is 71.0 cm³/mol. The van der Waals surface area contributed by atoms with Crippen LogP contribution in [0.1, 0.15) is 25.7 Å². The lowest BCUT2D eigenvalue weighted by molar-refractivity contribution is -0.144. The number of carboxylic acid groups (broad SMARTS) is 1. The smallest absolute Gasteiger partial charge is 0.306 e. The van der Waals surface area contributed by atoms with E-state index in [0.29, 0.717) is 38.8 Å². The maximum Gasteiger partial charge on any atom is 0.306 e. The zero-order valence-corrected chi connectivity index (χ0v) is 11.7. The summed E-state index contributed by atoms with van der Waals surface area (Å²) in [6.07, 6.45) is 2.17. The Balaban J connectivity index is 2.20. The zero-order chi connectivity index (χ0) is 15.0. The van der Waals surface area contributed by atoms with Crippen molar-refractivity contribution in [2.45, 2.75) is 25.7 Å². The van der Waals surface area contributed by atoms with Gasteiger partial charge in [-0.1, -0.05) is 0 Å². The van der Waals surface area contributed by atoms with E-state index in [9.17, 15) is 14.4 Å². The quantitative estimate of drug-likeness (QED) is 0.560. The van der Waals surface area contributed by atoms with Crippen molar-refractivity contribution in [1.82, 2.24) is 10.6 Å². The minimum Gasteiger partial charge on any atom is -0.481 e. The van der Waals surface area contributed by atoms with E-state index in [1.54, 1.807) is 7.11 Å². The molecule has 1 rings (SSSR count). The highest BCUT2D eigenvalue weighted by Crippen LogP contribution is 2.28. The first kappa shape index (κ1) is 16.4. The number of ether oxygens (including phenoxy) is 1. The number of methoxy groups -OCH3 is 1. The summed E-state index contributed by atoms with van der Waals surface area (Å²) in [5, 5.41) is 14.1. The Labute approximate surface area is 118 Å². The van der Waals surface area contributed by atoms with Crippen LogP contribution in [0.4, 0.5) is 0 Å². The zero-order valence-electron chi connectivity index (χ0n) is 11.7. The van der Waals surface area contributed by atoms with Crippen LogP contribution in [0, 0.1) is 11.8 Å². The SMILES string of the molecule is COCCNC(=O)CNC(=O)C1CCC(C(=O)O)CC1. The maximum absolute atomic E-state index is 11.8. The molecule has 1 aliphatic rings. The fraction of sp³-hybridized carbons (Fsp3) is 0.769. The first-order valence-electron chi connectivity index (χ1n) is 6.80. The number of hydrogen-bond donors (Lipinski definition) is 3. The van der Waals surface area contributed by atoms with E-state index in [1.165, 1.54) is 0 Å². The van der Waals surface area contributed by atoms with Gasteiger partial charge in [0.15, 0.2) is 0 Å². The molecule has 0 atom stereocenters. The van der Waals surface area contributed by atoms with E-state index in [0.717, 1.165) is 0 Å². The molecule has 1 fully saturated rings. The molecular weight excluding hydrogens is 264 g/mol. The van der Waals surface area contributed by atoms with Gasteiger partial charge in [0.1, 0.15) is 0 Å². The number of amides is 2. The normalized spacial score (nSPS) is 22.1. The molecule has 1 aliphatic carbocycles. The summed E-state index contributed by atoms with van der Waals surface area (Å²) >= 11 is 0. The highest BCUT2D eigenvalue weighted by atomic mass is 16.5. The highest BCUT2D eigenvalue weighted by molar-refractivity contribution is 5.85. The third-order valence-corrected chi connectivity index (χ3v) is 3.50. The molecule has 0 bridgehead atoms.